The molecule has 27 heavy (non-hydrogen) atoms. The van der Waals surface area contributed by atoms with E-state index in [0.717, 1.165) is 56.2 Å². The number of methoxy groups -OCH3 is 1. The van der Waals surface area contributed by atoms with Gasteiger partial charge >= 0.3 is 0 Å². The summed E-state index contributed by atoms with van der Waals surface area (Å²) >= 11 is 3.39. The smallest absolute Gasteiger partial charge is 0.232 e. The molecule has 0 amide bonds. The Morgan fingerprint density at radius 2 is 2.04 bits per heavy atom. The van der Waals surface area contributed by atoms with Gasteiger partial charge < -0.3 is 24.6 Å². The number of guanidine groups is 1. The van der Waals surface area contributed by atoms with Crippen molar-refractivity contribution in [3.63, 3.8) is 0 Å². The number of hydrogen-bond donors (Lipinski definition) is 1. The Morgan fingerprint density at radius 1 is 1.33 bits per heavy atom. The van der Waals surface area contributed by atoms with Gasteiger partial charge in [0.1, 0.15) is 0 Å². The van der Waals surface area contributed by atoms with E-state index in [0.29, 0.717) is 11.8 Å². The highest BCUT2D eigenvalue weighted by Crippen LogP contribution is 2.23. The number of aliphatic imine (C=N–C) groups is 1. The van der Waals surface area contributed by atoms with Crippen molar-refractivity contribution < 1.29 is 9.47 Å². The third-order valence-electron chi connectivity index (χ3n) is 4.02. The fraction of sp³-hybridized carbons (Fsp3) is 0.706. The van der Waals surface area contributed by atoms with Crippen LogP contribution in [0.1, 0.15) is 20.3 Å². The third-order valence-corrected chi connectivity index (χ3v) is 4.57. The first kappa shape index (κ1) is 24.2. The van der Waals surface area contributed by atoms with Crippen LogP contribution in [0.3, 0.4) is 0 Å². The Balaban J connectivity index is 0.00000364. The van der Waals surface area contributed by atoms with Gasteiger partial charge in [-0.25, -0.2) is 4.98 Å². The van der Waals surface area contributed by atoms with E-state index in [-0.39, 0.29) is 30.1 Å². The highest BCUT2D eigenvalue weighted by atomic mass is 127. The number of piperazine rings is 1. The molecule has 1 N–H and O–H groups in total. The van der Waals surface area contributed by atoms with Crippen LogP contribution in [-0.2, 0) is 4.74 Å². The highest BCUT2D eigenvalue weighted by molar-refractivity contribution is 14.0. The zero-order valence-electron chi connectivity index (χ0n) is 16.4. The molecule has 10 heteroatoms. The molecule has 1 aliphatic heterocycles. The molecule has 2 heterocycles. The van der Waals surface area contributed by atoms with E-state index in [2.05, 4.69) is 59.9 Å². The predicted octanol–water partition coefficient (Wildman–Crippen LogP) is 2.38. The second-order valence-electron chi connectivity index (χ2n) is 6.25. The zero-order chi connectivity index (χ0) is 18.9. The van der Waals surface area contributed by atoms with Gasteiger partial charge in [0.2, 0.25) is 11.8 Å². The molecule has 154 valence electrons. The molecule has 1 aliphatic rings. The number of hydrogen-bond acceptors (Lipinski definition) is 6. The molecule has 8 nitrogen and oxygen atoms in total. The van der Waals surface area contributed by atoms with Gasteiger partial charge in [-0.2, -0.15) is 4.98 Å². The molecular formula is C17H30BrIN6O2. The van der Waals surface area contributed by atoms with E-state index in [9.17, 15) is 0 Å². The molecule has 0 spiro atoms. The van der Waals surface area contributed by atoms with Crippen LogP contribution in [0.15, 0.2) is 15.7 Å². The van der Waals surface area contributed by atoms with Crippen LogP contribution in [0, 0.1) is 0 Å². The zero-order valence-corrected chi connectivity index (χ0v) is 20.4. The van der Waals surface area contributed by atoms with Crippen molar-refractivity contribution in [1.82, 2.24) is 20.2 Å². The number of nitrogens with one attached hydrogen (secondary N) is 1. The van der Waals surface area contributed by atoms with Crippen LogP contribution in [0.5, 0.6) is 5.88 Å². The minimum Gasteiger partial charge on any atom is -0.480 e. The predicted molar refractivity (Wildman–Crippen MR) is 123 cm³/mol. The number of halogens is 2. The first-order chi connectivity index (χ1) is 12.5. The number of anilines is 1. The van der Waals surface area contributed by atoms with Gasteiger partial charge in [0.15, 0.2) is 5.96 Å². The molecule has 0 aromatic carbocycles. The van der Waals surface area contributed by atoms with Crippen molar-refractivity contribution in [2.75, 3.05) is 58.4 Å². The lowest BCUT2D eigenvalue weighted by Crippen LogP contribution is -2.53. The maximum Gasteiger partial charge on any atom is 0.232 e. The van der Waals surface area contributed by atoms with Crippen molar-refractivity contribution in [2.24, 2.45) is 4.99 Å². The molecular weight excluding hydrogens is 527 g/mol. The largest absolute Gasteiger partial charge is 0.480 e. The molecule has 1 saturated heterocycles. The van der Waals surface area contributed by atoms with Crippen LogP contribution in [0.4, 0.5) is 5.95 Å². The minimum atomic E-state index is 0. The molecule has 0 radical (unpaired) electrons. The normalized spacial score (nSPS) is 15.0. The minimum absolute atomic E-state index is 0. The molecule has 1 fully saturated rings. The van der Waals surface area contributed by atoms with Gasteiger partial charge in [-0.05, 0) is 36.2 Å². The fourth-order valence-corrected chi connectivity index (χ4v) is 3.03. The average Bonchev–Trinajstić information content (AvgIpc) is 2.65. The van der Waals surface area contributed by atoms with Crippen LogP contribution in [-0.4, -0.2) is 80.4 Å². The summed E-state index contributed by atoms with van der Waals surface area (Å²) in [7, 11) is 3.43. The van der Waals surface area contributed by atoms with Gasteiger partial charge in [-0.3, -0.25) is 4.99 Å². The number of nitrogens with zero attached hydrogens (tertiary/aromatic N) is 5. The molecule has 0 saturated carbocycles. The average molecular weight is 557 g/mol. The van der Waals surface area contributed by atoms with E-state index in [1.165, 1.54) is 0 Å². The van der Waals surface area contributed by atoms with Crippen molar-refractivity contribution in [2.45, 2.75) is 26.4 Å². The molecule has 1 aromatic heterocycles. The van der Waals surface area contributed by atoms with Crippen LogP contribution in [0.2, 0.25) is 0 Å². The second kappa shape index (κ2) is 12.6. The molecule has 1 aromatic rings. The summed E-state index contributed by atoms with van der Waals surface area (Å²) in [6.07, 6.45) is 2.97. The van der Waals surface area contributed by atoms with Gasteiger partial charge in [-0.1, -0.05) is 0 Å². The Labute approximate surface area is 187 Å². The molecule has 0 aliphatic carbocycles. The lowest BCUT2D eigenvalue weighted by Gasteiger charge is -2.36. The number of rotatable bonds is 7. The maximum absolute atomic E-state index is 5.57. The topological polar surface area (TPSA) is 75.1 Å². The first-order valence-electron chi connectivity index (χ1n) is 8.93. The monoisotopic (exact) mass is 556 g/mol. The third kappa shape index (κ3) is 7.57. The maximum atomic E-state index is 5.57. The van der Waals surface area contributed by atoms with E-state index in [1.807, 2.05) is 7.05 Å². The number of ether oxygens (including phenoxy) is 2. The summed E-state index contributed by atoms with van der Waals surface area (Å²) in [5.41, 5.74) is 0. The highest BCUT2D eigenvalue weighted by Gasteiger charge is 2.22. The van der Waals surface area contributed by atoms with Crippen molar-refractivity contribution in [3.8, 4) is 5.88 Å². The van der Waals surface area contributed by atoms with Crippen LogP contribution >= 0.6 is 39.9 Å². The van der Waals surface area contributed by atoms with E-state index >= 15 is 0 Å². The van der Waals surface area contributed by atoms with Crippen molar-refractivity contribution in [3.05, 3.63) is 10.7 Å². The van der Waals surface area contributed by atoms with E-state index < -0.39 is 0 Å². The quantitative estimate of drug-likeness (QED) is 0.239. The molecule has 0 unspecified atom stereocenters. The lowest BCUT2D eigenvalue weighted by molar-refractivity contribution is 0.0775. The van der Waals surface area contributed by atoms with Gasteiger partial charge in [-0.15, -0.1) is 24.0 Å². The Bertz CT molecular complexity index is 597. The van der Waals surface area contributed by atoms with Crippen LogP contribution < -0.4 is 15.0 Å². The lowest BCUT2D eigenvalue weighted by atomic mass is 10.3. The van der Waals surface area contributed by atoms with Gasteiger partial charge in [0.25, 0.3) is 0 Å². The summed E-state index contributed by atoms with van der Waals surface area (Å²) in [6.45, 7) is 9.12. The molecule has 0 atom stereocenters. The van der Waals surface area contributed by atoms with Gasteiger partial charge in [0, 0.05) is 46.4 Å². The van der Waals surface area contributed by atoms with Crippen LogP contribution in [0.25, 0.3) is 0 Å². The molecule has 0 bridgehead atoms. The summed E-state index contributed by atoms with van der Waals surface area (Å²) in [4.78, 5) is 17.7. The van der Waals surface area contributed by atoms with E-state index in [1.54, 1.807) is 13.3 Å². The number of aromatic nitrogens is 2. The Morgan fingerprint density at radius 3 is 2.63 bits per heavy atom. The second-order valence-corrected chi connectivity index (χ2v) is 7.10. The van der Waals surface area contributed by atoms with Gasteiger partial charge in [0.05, 0.1) is 23.9 Å². The summed E-state index contributed by atoms with van der Waals surface area (Å²) < 4.78 is 11.6. The fourth-order valence-electron chi connectivity index (χ4n) is 2.68. The summed E-state index contributed by atoms with van der Waals surface area (Å²) in [5, 5.41) is 3.41. The van der Waals surface area contributed by atoms with Crippen molar-refractivity contribution >= 4 is 51.8 Å². The first-order valence-corrected chi connectivity index (χ1v) is 9.73. The van der Waals surface area contributed by atoms with E-state index in [4.69, 9.17) is 9.47 Å². The molecule has 2 rings (SSSR count). The summed E-state index contributed by atoms with van der Waals surface area (Å²) in [6, 6.07) is 0. The standard InChI is InChI=1S/C17H29BrN6O2.HI/c1-13(2)26-11-5-6-20-16(19-3)23-7-9-24(10-8-23)17-21-12-14(18)15(22-17)25-4;/h12-13H,5-11H2,1-4H3,(H,19,20);1H. The summed E-state index contributed by atoms with van der Waals surface area (Å²) in [5.74, 6) is 2.18. The van der Waals surface area contributed by atoms with Crippen molar-refractivity contribution in [1.29, 1.82) is 0 Å². The SMILES string of the molecule is CN=C(NCCCOC(C)C)N1CCN(c2ncc(Br)c(OC)n2)CC1.I. The Kier molecular flexibility index (Phi) is 11.2. The Hall–Kier alpha value is -0.880.